The van der Waals surface area contributed by atoms with E-state index in [1.54, 1.807) is 18.2 Å². The zero-order valence-electron chi connectivity index (χ0n) is 13.9. The highest BCUT2D eigenvalue weighted by Crippen LogP contribution is 2.39. The summed E-state index contributed by atoms with van der Waals surface area (Å²) in [5, 5.41) is 0. The summed E-state index contributed by atoms with van der Waals surface area (Å²) < 4.78 is 11.3. The third kappa shape index (κ3) is 2.95. The Morgan fingerprint density at radius 2 is 1.92 bits per heavy atom. The molecule has 0 atom stereocenters. The van der Waals surface area contributed by atoms with E-state index >= 15 is 0 Å². The van der Waals surface area contributed by atoms with E-state index in [0.29, 0.717) is 22.8 Å². The number of carbonyl (C=O) groups excluding carboxylic acids is 2. The molecule has 0 unspecified atom stereocenters. The number of aryl methyl sites for hydroxylation is 1. The highest BCUT2D eigenvalue weighted by Gasteiger charge is 2.30. The Labute approximate surface area is 140 Å². The smallest absolute Gasteiger partial charge is 0.231 e. The molecule has 4 heteroatoms. The molecular weight excluding hydrogens is 304 g/mol. The fourth-order valence-corrected chi connectivity index (χ4v) is 2.59. The highest BCUT2D eigenvalue weighted by molar-refractivity contribution is 6.15. The molecule has 2 aromatic carbocycles. The van der Waals surface area contributed by atoms with Crippen molar-refractivity contribution in [3.05, 3.63) is 64.4 Å². The van der Waals surface area contributed by atoms with Crippen molar-refractivity contribution in [2.75, 3.05) is 6.61 Å². The summed E-state index contributed by atoms with van der Waals surface area (Å²) in [6, 6.07) is 11.2. The number of hydrogen-bond donors (Lipinski definition) is 0. The largest absolute Gasteiger partial charge is 0.485 e. The minimum Gasteiger partial charge on any atom is -0.485 e. The maximum Gasteiger partial charge on any atom is 0.231 e. The molecule has 122 valence electrons. The van der Waals surface area contributed by atoms with E-state index in [-0.39, 0.29) is 18.2 Å². The molecule has 0 radical (unpaired) electrons. The van der Waals surface area contributed by atoms with Crippen LogP contribution in [-0.2, 0) is 4.79 Å². The molecule has 2 aromatic rings. The summed E-state index contributed by atoms with van der Waals surface area (Å²) >= 11 is 0. The van der Waals surface area contributed by atoms with Gasteiger partial charge >= 0.3 is 0 Å². The van der Waals surface area contributed by atoms with Gasteiger partial charge in [-0.05, 0) is 50.1 Å². The Hall–Kier alpha value is -2.88. The first-order valence-corrected chi connectivity index (χ1v) is 7.73. The number of hydrogen-bond acceptors (Lipinski definition) is 4. The Kier molecular flexibility index (Phi) is 4.21. The fourth-order valence-electron chi connectivity index (χ4n) is 2.59. The molecule has 3 rings (SSSR count). The molecule has 0 spiro atoms. The first kappa shape index (κ1) is 16.0. The Morgan fingerprint density at radius 1 is 1.17 bits per heavy atom. The number of carbonyl (C=O) groups is 2. The molecule has 1 heterocycles. The summed E-state index contributed by atoms with van der Waals surface area (Å²) in [5.41, 5.74) is 3.25. The molecule has 24 heavy (non-hydrogen) atoms. The van der Waals surface area contributed by atoms with E-state index in [4.69, 9.17) is 9.47 Å². The Balaban J connectivity index is 1.94. The van der Waals surface area contributed by atoms with Crippen molar-refractivity contribution in [2.45, 2.75) is 20.8 Å². The SMILES string of the molecule is CC(=O)COc1ccc2c(c1C)O/C(=C\c1ccccc1C)C2=O. The molecule has 0 saturated carbocycles. The topological polar surface area (TPSA) is 52.6 Å². The van der Waals surface area contributed by atoms with Gasteiger partial charge in [0.25, 0.3) is 0 Å². The van der Waals surface area contributed by atoms with E-state index in [0.717, 1.165) is 16.7 Å². The van der Waals surface area contributed by atoms with Gasteiger partial charge in [0.2, 0.25) is 5.78 Å². The molecule has 4 nitrogen and oxygen atoms in total. The van der Waals surface area contributed by atoms with Crippen LogP contribution in [0.5, 0.6) is 11.5 Å². The Morgan fingerprint density at radius 3 is 2.62 bits per heavy atom. The maximum absolute atomic E-state index is 12.6. The number of Topliss-reactive ketones (excluding diaryl/α,β-unsaturated/α-hetero) is 2. The lowest BCUT2D eigenvalue weighted by molar-refractivity contribution is -0.118. The van der Waals surface area contributed by atoms with Gasteiger partial charge in [-0.15, -0.1) is 0 Å². The number of fused-ring (bicyclic) bond motifs is 1. The molecular formula is C20H18O4. The second-order valence-corrected chi connectivity index (χ2v) is 5.85. The number of ketones is 2. The van der Waals surface area contributed by atoms with Gasteiger partial charge in [0.05, 0.1) is 5.56 Å². The predicted octanol–water partition coefficient (Wildman–Crippen LogP) is 3.89. The first-order valence-electron chi connectivity index (χ1n) is 7.73. The molecule has 0 aromatic heterocycles. The van der Waals surface area contributed by atoms with E-state index < -0.39 is 0 Å². The zero-order chi connectivity index (χ0) is 17.3. The van der Waals surface area contributed by atoms with Crippen LogP contribution in [0.1, 0.15) is 34.0 Å². The van der Waals surface area contributed by atoms with E-state index in [2.05, 4.69) is 0 Å². The Bertz CT molecular complexity index is 862. The number of rotatable bonds is 4. The number of allylic oxidation sites excluding steroid dienone is 1. The lowest BCUT2D eigenvalue weighted by Crippen LogP contribution is -2.07. The highest BCUT2D eigenvalue weighted by atomic mass is 16.5. The second kappa shape index (κ2) is 6.32. The van der Waals surface area contributed by atoms with Gasteiger partial charge in [-0.1, -0.05) is 24.3 Å². The van der Waals surface area contributed by atoms with Gasteiger partial charge in [-0.2, -0.15) is 0 Å². The fraction of sp³-hybridized carbons (Fsp3) is 0.200. The second-order valence-electron chi connectivity index (χ2n) is 5.85. The molecule has 0 saturated heterocycles. The minimum absolute atomic E-state index is 0.000516. The van der Waals surface area contributed by atoms with Crippen LogP contribution in [0.2, 0.25) is 0 Å². The quantitative estimate of drug-likeness (QED) is 0.801. The predicted molar refractivity (Wildman–Crippen MR) is 91.5 cm³/mol. The van der Waals surface area contributed by atoms with E-state index in [9.17, 15) is 9.59 Å². The monoisotopic (exact) mass is 322 g/mol. The molecule has 0 N–H and O–H groups in total. The maximum atomic E-state index is 12.6. The van der Waals surface area contributed by atoms with Crippen molar-refractivity contribution in [3.63, 3.8) is 0 Å². The van der Waals surface area contributed by atoms with Crippen molar-refractivity contribution >= 4 is 17.6 Å². The van der Waals surface area contributed by atoms with Crippen molar-refractivity contribution in [1.82, 2.24) is 0 Å². The van der Waals surface area contributed by atoms with E-state index in [1.807, 2.05) is 38.1 Å². The summed E-state index contributed by atoms with van der Waals surface area (Å²) in [4.78, 5) is 23.6. The van der Waals surface area contributed by atoms with Crippen LogP contribution in [0.4, 0.5) is 0 Å². The van der Waals surface area contributed by atoms with Crippen LogP contribution < -0.4 is 9.47 Å². The normalized spacial score (nSPS) is 14.5. The lowest BCUT2D eigenvalue weighted by atomic mass is 10.0. The summed E-state index contributed by atoms with van der Waals surface area (Å²) in [5.74, 6) is 1.14. The lowest BCUT2D eigenvalue weighted by Gasteiger charge is -2.10. The average Bonchev–Trinajstić information content (AvgIpc) is 2.86. The van der Waals surface area contributed by atoms with Gasteiger partial charge in [-0.25, -0.2) is 0 Å². The molecule has 1 aliphatic heterocycles. The van der Waals surface area contributed by atoms with Gasteiger partial charge in [0.15, 0.2) is 11.5 Å². The molecule has 0 bridgehead atoms. The van der Waals surface area contributed by atoms with Gasteiger partial charge in [0.1, 0.15) is 18.1 Å². The number of benzene rings is 2. The van der Waals surface area contributed by atoms with Gasteiger partial charge < -0.3 is 9.47 Å². The molecule has 0 amide bonds. The molecule has 0 aliphatic carbocycles. The van der Waals surface area contributed by atoms with Crippen LogP contribution in [0.25, 0.3) is 6.08 Å². The third-order valence-electron chi connectivity index (χ3n) is 3.94. The van der Waals surface area contributed by atoms with Gasteiger partial charge in [-0.3, -0.25) is 9.59 Å². The molecule has 1 aliphatic rings. The van der Waals surface area contributed by atoms with Crippen LogP contribution in [-0.4, -0.2) is 18.2 Å². The minimum atomic E-state index is -0.144. The summed E-state index contributed by atoms with van der Waals surface area (Å²) in [6.45, 7) is 5.27. The van der Waals surface area contributed by atoms with Crippen molar-refractivity contribution in [1.29, 1.82) is 0 Å². The first-order chi connectivity index (χ1) is 11.5. The van der Waals surface area contributed by atoms with Crippen LogP contribution in [0.3, 0.4) is 0 Å². The zero-order valence-corrected chi connectivity index (χ0v) is 13.9. The summed E-state index contributed by atoms with van der Waals surface area (Å²) in [7, 11) is 0. The van der Waals surface area contributed by atoms with Crippen LogP contribution >= 0.6 is 0 Å². The van der Waals surface area contributed by atoms with Crippen molar-refractivity contribution in [3.8, 4) is 11.5 Å². The van der Waals surface area contributed by atoms with Crippen molar-refractivity contribution in [2.24, 2.45) is 0 Å². The van der Waals surface area contributed by atoms with E-state index in [1.165, 1.54) is 6.92 Å². The third-order valence-corrected chi connectivity index (χ3v) is 3.94. The van der Waals surface area contributed by atoms with Crippen LogP contribution in [0.15, 0.2) is 42.2 Å². The van der Waals surface area contributed by atoms with Crippen LogP contribution in [0, 0.1) is 13.8 Å². The van der Waals surface area contributed by atoms with Gasteiger partial charge in [0, 0.05) is 5.56 Å². The average molecular weight is 322 g/mol. The standard InChI is InChI=1S/C20H18O4/c1-12-6-4-5-7-15(12)10-18-19(22)16-8-9-17(23-11-13(2)21)14(3)20(16)24-18/h4-10H,11H2,1-3H3/b18-10-. The van der Waals surface area contributed by atoms with Crippen molar-refractivity contribution < 1.29 is 19.1 Å². The summed E-state index contributed by atoms with van der Waals surface area (Å²) in [6.07, 6.45) is 1.76. The number of ether oxygens (including phenoxy) is 2. The molecule has 0 fully saturated rings.